The van der Waals surface area contributed by atoms with Crippen LogP contribution in [-0.4, -0.2) is 60.1 Å². The summed E-state index contributed by atoms with van der Waals surface area (Å²) in [6.45, 7) is 5.83. The molecule has 1 aliphatic heterocycles. The van der Waals surface area contributed by atoms with Gasteiger partial charge in [-0.25, -0.2) is 8.42 Å². The van der Waals surface area contributed by atoms with Crippen LogP contribution in [0.25, 0.3) is 0 Å². The Labute approximate surface area is 119 Å². The summed E-state index contributed by atoms with van der Waals surface area (Å²) in [6.07, 6.45) is 0. The largest absolute Gasteiger partial charge is 0.288 e. The fraction of sp³-hybridized carbons (Fsp3) is 0.667. The van der Waals surface area contributed by atoms with E-state index in [9.17, 15) is 8.42 Å². The first-order valence-electron chi connectivity index (χ1n) is 6.47. The third kappa shape index (κ3) is 2.57. The van der Waals surface area contributed by atoms with Crippen molar-refractivity contribution >= 4 is 10.0 Å². The second-order valence-corrected chi connectivity index (χ2v) is 6.84. The number of piperazine rings is 1. The van der Waals surface area contributed by atoms with E-state index < -0.39 is 10.0 Å². The Morgan fingerprint density at radius 2 is 1.85 bits per heavy atom. The molecule has 2 heterocycles. The minimum Gasteiger partial charge on any atom is -0.288 e. The maximum Gasteiger partial charge on any atom is 0.246 e. The lowest BCUT2D eigenvalue weighted by Gasteiger charge is -2.32. The average Bonchev–Trinajstić information content (AvgIpc) is 2.64. The van der Waals surface area contributed by atoms with Crippen LogP contribution in [0.3, 0.4) is 0 Å². The Morgan fingerprint density at radius 1 is 1.25 bits per heavy atom. The molecule has 2 rings (SSSR count). The van der Waals surface area contributed by atoms with Crippen LogP contribution in [0.4, 0.5) is 0 Å². The van der Waals surface area contributed by atoms with Crippen LogP contribution in [0.5, 0.6) is 0 Å². The van der Waals surface area contributed by atoms with Crippen LogP contribution >= 0.6 is 0 Å². The molecule has 0 saturated carbocycles. The molecule has 1 saturated heterocycles. The molecule has 1 fully saturated rings. The molecule has 0 aromatic carbocycles. The van der Waals surface area contributed by atoms with Gasteiger partial charge in [-0.2, -0.15) is 14.7 Å². The lowest BCUT2D eigenvalue weighted by Crippen LogP contribution is -2.48. The van der Waals surface area contributed by atoms with Gasteiger partial charge in [0, 0.05) is 33.2 Å². The Balaban J connectivity index is 2.23. The SMILES string of the molecule is Cc1nn(C)c(C)c1S(=O)(=O)N1CCN(CC#N)CC1. The quantitative estimate of drug-likeness (QED) is 0.726. The standard InChI is InChI=1S/C12H19N5O2S/c1-10-12(11(2)15(3)14-10)20(18,19)17-8-6-16(5-4-13)7-9-17/h5-9H2,1-3H3. The summed E-state index contributed by atoms with van der Waals surface area (Å²) >= 11 is 0. The summed E-state index contributed by atoms with van der Waals surface area (Å²) in [7, 11) is -1.76. The summed E-state index contributed by atoms with van der Waals surface area (Å²) in [6, 6.07) is 2.09. The van der Waals surface area contributed by atoms with Crippen LogP contribution < -0.4 is 0 Å². The molecule has 20 heavy (non-hydrogen) atoms. The number of aromatic nitrogens is 2. The highest BCUT2D eigenvalue weighted by atomic mass is 32.2. The van der Waals surface area contributed by atoms with Gasteiger partial charge < -0.3 is 0 Å². The Bertz CT molecular complexity index is 636. The predicted molar refractivity (Wildman–Crippen MR) is 73.5 cm³/mol. The molecule has 0 spiro atoms. The van der Waals surface area contributed by atoms with Gasteiger partial charge in [0.2, 0.25) is 10.0 Å². The fourth-order valence-corrected chi connectivity index (χ4v) is 4.31. The van der Waals surface area contributed by atoms with Gasteiger partial charge in [-0.1, -0.05) is 0 Å². The smallest absolute Gasteiger partial charge is 0.246 e. The Morgan fingerprint density at radius 3 is 2.30 bits per heavy atom. The van der Waals surface area contributed by atoms with Gasteiger partial charge in [0.25, 0.3) is 0 Å². The van der Waals surface area contributed by atoms with Crippen LogP contribution in [0.15, 0.2) is 4.90 Å². The summed E-state index contributed by atoms with van der Waals surface area (Å²) in [5.41, 5.74) is 1.19. The van der Waals surface area contributed by atoms with E-state index in [-0.39, 0.29) is 0 Å². The fourth-order valence-electron chi connectivity index (χ4n) is 2.48. The summed E-state index contributed by atoms with van der Waals surface area (Å²) in [5, 5.41) is 12.8. The molecule has 0 radical (unpaired) electrons. The first-order chi connectivity index (χ1) is 9.37. The first-order valence-corrected chi connectivity index (χ1v) is 7.91. The van der Waals surface area contributed by atoms with E-state index >= 15 is 0 Å². The molecule has 1 aliphatic rings. The van der Waals surface area contributed by atoms with E-state index in [4.69, 9.17) is 5.26 Å². The van der Waals surface area contributed by atoms with Gasteiger partial charge in [0.1, 0.15) is 4.90 Å². The van der Waals surface area contributed by atoms with Gasteiger partial charge in [-0.3, -0.25) is 9.58 Å². The Kier molecular flexibility index (Phi) is 4.13. The van der Waals surface area contributed by atoms with Crippen LogP contribution in [0.2, 0.25) is 0 Å². The molecule has 0 bridgehead atoms. The predicted octanol–water partition coefficient (Wildman–Crippen LogP) is -0.133. The van der Waals surface area contributed by atoms with Crippen LogP contribution in [-0.2, 0) is 17.1 Å². The van der Waals surface area contributed by atoms with Crippen molar-refractivity contribution in [2.45, 2.75) is 18.7 Å². The maximum atomic E-state index is 12.7. The maximum absolute atomic E-state index is 12.7. The lowest BCUT2D eigenvalue weighted by molar-refractivity contribution is 0.206. The first kappa shape index (κ1) is 15.0. The minimum absolute atomic E-state index is 0.314. The molecule has 8 heteroatoms. The number of hydrogen-bond acceptors (Lipinski definition) is 5. The number of aryl methyl sites for hydroxylation is 2. The monoisotopic (exact) mass is 297 g/mol. The number of rotatable bonds is 3. The third-order valence-electron chi connectivity index (χ3n) is 3.67. The molecule has 0 unspecified atom stereocenters. The van der Waals surface area contributed by atoms with Gasteiger partial charge in [-0.05, 0) is 13.8 Å². The Hall–Kier alpha value is -1.43. The van der Waals surface area contributed by atoms with Gasteiger partial charge in [0.15, 0.2) is 0 Å². The molecule has 0 aliphatic carbocycles. The van der Waals surface area contributed by atoms with E-state index in [1.807, 2.05) is 4.90 Å². The van der Waals surface area contributed by atoms with E-state index in [0.29, 0.717) is 49.0 Å². The van der Waals surface area contributed by atoms with E-state index in [1.165, 1.54) is 4.31 Å². The van der Waals surface area contributed by atoms with Crippen molar-refractivity contribution in [3.8, 4) is 6.07 Å². The van der Waals surface area contributed by atoms with E-state index in [1.54, 1.807) is 25.6 Å². The zero-order valence-electron chi connectivity index (χ0n) is 12.0. The van der Waals surface area contributed by atoms with Crippen LogP contribution in [0, 0.1) is 25.2 Å². The number of sulfonamides is 1. The highest BCUT2D eigenvalue weighted by Gasteiger charge is 2.32. The topological polar surface area (TPSA) is 82.2 Å². The van der Waals surface area contributed by atoms with Crippen molar-refractivity contribution in [1.82, 2.24) is 19.0 Å². The summed E-state index contributed by atoms with van der Waals surface area (Å²) in [5.74, 6) is 0. The zero-order chi connectivity index (χ0) is 14.9. The molecule has 0 atom stereocenters. The third-order valence-corrected chi connectivity index (χ3v) is 5.82. The van der Waals surface area contributed by atoms with Crippen molar-refractivity contribution in [3.63, 3.8) is 0 Å². The summed E-state index contributed by atoms with van der Waals surface area (Å²) < 4.78 is 28.5. The molecular weight excluding hydrogens is 278 g/mol. The molecular formula is C12H19N5O2S. The van der Waals surface area contributed by atoms with E-state index in [2.05, 4.69) is 11.2 Å². The molecule has 7 nitrogen and oxygen atoms in total. The van der Waals surface area contributed by atoms with Crippen molar-refractivity contribution in [3.05, 3.63) is 11.4 Å². The summed E-state index contributed by atoms with van der Waals surface area (Å²) in [4.78, 5) is 2.27. The molecule has 1 aromatic rings. The van der Waals surface area contributed by atoms with Crippen molar-refractivity contribution in [2.75, 3.05) is 32.7 Å². The van der Waals surface area contributed by atoms with Crippen molar-refractivity contribution in [1.29, 1.82) is 5.26 Å². The highest BCUT2D eigenvalue weighted by molar-refractivity contribution is 7.89. The number of nitrogens with zero attached hydrogens (tertiary/aromatic N) is 5. The average molecular weight is 297 g/mol. The normalized spacial score (nSPS) is 18.1. The zero-order valence-corrected chi connectivity index (χ0v) is 12.8. The molecule has 110 valence electrons. The van der Waals surface area contributed by atoms with Crippen molar-refractivity contribution in [2.24, 2.45) is 7.05 Å². The second kappa shape index (κ2) is 5.52. The highest BCUT2D eigenvalue weighted by Crippen LogP contribution is 2.23. The van der Waals surface area contributed by atoms with Gasteiger partial charge in [-0.15, -0.1) is 0 Å². The minimum atomic E-state index is -3.50. The van der Waals surface area contributed by atoms with Crippen LogP contribution in [0.1, 0.15) is 11.4 Å². The molecule has 0 N–H and O–H groups in total. The van der Waals surface area contributed by atoms with Gasteiger partial charge >= 0.3 is 0 Å². The molecule has 0 amide bonds. The van der Waals surface area contributed by atoms with Crippen molar-refractivity contribution < 1.29 is 8.42 Å². The lowest BCUT2D eigenvalue weighted by atomic mass is 10.4. The van der Waals surface area contributed by atoms with E-state index in [0.717, 1.165) is 0 Å². The number of hydrogen-bond donors (Lipinski definition) is 0. The van der Waals surface area contributed by atoms with Gasteiger partial charge in [0.05, 0.1) is 24.0 Å². The molecule has 1 aromatic heterocycles. The second-order valence-electron chi connectivity index (χ2n) is 4.96. The number of nitriles is 1.